The van der Waals surface area contributed by atoms with Gasteiger partial charge >= 0.3 is 5.69 Å². The molecule has 0 bridgehead atoms. The fourth-order valence-electron chi connectivity index (χ4n) is 4.00. The molecule has 0 saturated carbocycles. The van der Waals surface area contributed by atoms with E-state index in [2.05, 4.69) is 15.3 Å². The van der Waals surface area contributed by atoms with Gasteiger partial charge < -0.3 is 10.1 Å². The number of nitrogens with zero attached hydrogens (tertiary/aromatic N) is 4. The lowest BCUT2D eigenvalue weighted by Crippen LogP contribution is -2.39. The number of methoxy groups -OCH3 is 1. The number of amides is 1. The number of rotatable bonds is 6. The molecule has 0 aliphatic carbocycles. The molecular weight excluding hydrogens is 394 g/mol. The van der Waals surface area contributed by atoms with E-state index >= 15 is 0 Å². The number of nitrogens with one attached hydrogen (secondary N) is 1. The van der Waals surface area contributed by atoms with Crippen molar-refractivity contribution >= 4 is 11.6 Å². The van der Waals surface area contributed by atoms with Gasteiger partial charge in [0.1, 0.15) is 11.6 Å². The predicted octanol–water partition coefficient (Wildman–Crippen LogP) is 2.40. The maximum atomic E-state index is 12.6. The topological polar surface area (TPSA) is 81.4 Å². The minimum atomic E-state index is -0.137. The summed E-state index contributed by atoms with van der Waals surface area (Å²) >= 11 is 0. The standard InChI is InChI=1S/C23H27N5O3/c1-26-23(30)28(19-6-4-3-5-7-19)22(25-26)17-12-14-27(15-13-17)16-21(29)24-18-8-10-20(31-2)11-9-18/h3-11,17H,12-16H2,1-2H3,(H,24,29). The molecule has 1 aliphatic rings. The zero-order valence-electron chi connectivity index (χ0n) is 17.8. The monoisotopic (exact) mass is 421 g/mol. The average Bonchev–Trinajstić information content (AvgIpc) is 3.09. The van der Waals surface area contributed by atoms with E-state index in [1.165, 1.54) is 4.68 Å². The third-order valence-corrected chi connectivity index (χ3v) is 5.66. The third-order valence-electron chi connectivity index (χ3n) is 5.66. The Bertz CT molecular complexity index is 1080. The molecule has 0 atom stereocenters. The summed E-state index contributed by atoms with van der Waals surface area (Å²) in [6.07, 6.45) is 1.69. The molecule has 0 spiro atoms. The summed E-state index contributed by atoms with van der Waals surface area (Å²) in [6, 6.07) is 16.9. The number of hydrogen-bond acceptors (Lipinski definition) is 5. The summed E-state index contributed by atoms with van der Waals surface area (Å²) in [6.45, 7) is 1.90. The zero-order chi connectivity index (χ0) is 21.8. The Hall–Kier alpha value is -3.39. The predicted molar refractivity (Wildman–Crippen MR) is 119 cm³/mol. The number of carbonyl (C=O) groups excluding carboxylic acids is 1. The molecule has 1 saturated heterocycles. The van der Waals surface area contributed by atoms with Crippen LogP contribution >= 0.6 is 0 Å². The van der Waals surface area contributed by atoms with Crippen LogP contribution in [0.1, 0.15) is 24.6 Å². The smallest absolute Gasteiger partial charge is 0.350 e. The molecule has 8 heteroatoms. The van der Waals surface area contributed by atoms with Crippen molar-refractivity contribution in [2.24, 2.45) is 7.05 Å². The minimum absolute atomic E-state index is 0.0392. The number of para-hydroxylation sites is 1. The van der Waals surface area contributed by atoms with E-state index in [4.69, 9.17) is 4.74 Å². The van der Waals surface area contributed by atoms with E-state index in [9.17, 15) is 9.59 Å². The molecule has 1 fully saturated rings. The second kappa shape index (κ2) is 9.18. The van der Waals surface area contributed by atoms with E-state index < -0.39 is 0 Å². The first-order valence-corrected chi connectivity index (χ1v) is 10.4. The Morgan fingerprint density at radius 3 is 2.42 bits per heavy atom. The summed E-state index contributed by atoms with van der Waals surface area (Å²) in [7, 11) is 3.30. The summed E-state index contributed by atoms with van der Waals surface area (Å²) in [4.78, 5) is 27.2. The van der Waals surface area contributed by atoms with Crippen molar-refractivity contribution in [1.82, 2.24) is 19.2 Å². The highest BCUT2D eigenvalue weighted by atomic mass is 16.5. The molecular formula is C23H27N5O3. The number of piperidine rings is 1. The van der Waals surface area contributed by atoms with Crippen molar-refractivity contribution in [3.8, 4) is 11.4 Å². The largest absolute Gasteiger partial charge is 0.497 e. The number of aromatic nitrogens is 3. The molecule has 1 aromatic heterocycles. The first kappa shape index (κ1) is 20.9. The first-order chi connectivity index (χ1) is 15.0. The summed E-state index contributed by atoms with van der Waals surface area (Å²) in [5.41, 5.74) is 1.44. The second-order valence-electron chi connectivity index (χ2n) is 7.76. The van der Waals surface area contributed by atoms with Crippen LogP contribution in [-0.2, 0) is 11.8 Å². The van der Waals surface area contributed by atoms with Gasteiger partial charge in [-0.1, -0.05) is 18.2 Å². The average molecular weight is 422 g/mol. The van der Waals surface area contributed by atoms with Gasteiger partial charge in [0.15, 0.2) is 0 Å². The van der Waals surface area contributed by atoms with Crippen LogP contribution < -0.4 is 15.7 Å². The molecule has 2 heterocycles. The normalized spacial score (nSPS) is 15.0. The van der Waals surface area contributed by atoms with Gasteiger partial charge in [0.2, 0.25) is 5.91 Å². The maximum absolute atomic E-state index is 12.6. The van der Waals surface area contributed by atoms with Gasteiger partial charge in [-0.3, -0.25) is 9.69 Å². The van der Waals surface area contributed by atoms with Crippen molar-refractivity contribution < 1.29 is 9.53 Å². The number of hydrogen-bond donors (Lipinski definition) is 1. The SMILES string of the molecule is COc1ccc(NC(=O)CN2CCC(c3nn(C)c(=O)n3-c3ccccc3)CC2)cc1. The van der Waals surface area contributed by atoms with Crippen molar-refractivity contribution in [2.75, 3.05) is 32.1 Å². The Morgan fingerprint density at radius 1 is 1.10 bits per heavy atom. The van der Waals surface area contributed by atoms with Crippen LogP contribution in [-0.4, -0.2) is 51.9 Å². The summed E-state index contributed by atoms with van der Waals surface area (Å²) in [5, 5.41) is 7.45. The van der Waals surface area contributed by atoms with Crippen molar-refractivity contribution in [2.45, 2.75) is 18.8 Å². The lowest BCUT2D eigenvalue weighted by molar-refractivity contribution is -0.117. The fraction of sp³-hybridized carbons (Fsp3) is 0.348. The van der Waals surface area contributed by atoms with Gasteiger partial charge in [-0.25, -0.2) is 14.0 Å². The zero-order valence-corrected chi connectivity index (χ0v) is 17.8. The van der Waals surface area contributed by atoms with E-state index in [0.717, 1.165) is 48.9 Å². The highest BCUT2D eigenvalue weighted by molar-refractivity contribution is 5.92. The molecule has 162 valence electrons. The molecule has 3 aromatic rings. The van der Waals surface area contributed by atoms with Gasteiger partial charge in [-0.05, 0) is 62.3 Å². The first-order valence-electron chi connectivity index (χ1n) is 10.4. The van der Waals surface area contributed by atoms with Crippen molar-refractivity contribution in [3.63, 3.8) is 0 Å². The number of ether oxygens (including phenoxy) is 1. The van der Waals surface area contributed by atoms with E-state index in [-0.39, 0.29) is 17.5 Å². The van der Waals surface area contributed by atoms with Gasteiger partial charge in [0.05, 0.1) is 19.3 Å². The van der Waals surface area contributed by atoms with E-state index in [1.54, 1.807) is 18.7 Å². The third kappa shape index (κ3) is 4.69. The van der Waals surface area contributed by atoms with Crippen molar-refractivity contribution in [3.05, 3.63) is 70.9 Å². The van der Waals surface area contributed by atoms with Crippen LogP contribution in [0.25, 0.3) is 5.69 Å². The molecule has 0 unspecified atom stereocenters. The second-order valence-corrected chi connectivity index (χ2v) is 7.76. The number of carbonyl (C=O) groups is 1. The quantitative estimate of drug-likeness (QED) is 0.661. The molecule has 1 amide bonds. The molecule has 8 nitrogen and oxygen atoms in total. The maximum Gasteiger partial charge on any atom is 0.350 e. The van der Waals surface area contributed by atoms with Crippen molar-refractivity contribution in [1.29, 1.82) is 0 Å². The number of anilines is 1. The highest BCUT2D eigenvalue weighted by Crippen LogP contribution is 2.27. The molecule has 1 N–H and O–H groups in total. The van der Waals surface area contributed by atoms with Crippen LogP contribution in [0.3, 0.4) is 0 Å². The summed E-state index contributed by atoms with van der Waals surface area (Å²) < 4.78 is 8.24. The number of aryl methyl sites for hydroxylation is 1. The van der Waals surface area contributed by atoms with Gasteiger partial charge in [0.25, 0.3) is 0 Å². The van der Waals surface area contributed by atoms with E-state index in [0.29, 0.717) is 6.54 Å². The Labute approximate surface area is 181 Å². The van der Waals surface area contributed by atoms with Crippen LogP contribution in [0.15, 0.2) is 59.4 Å². The van der Waals surface area contributed by atoms with Crippen LogP contribution in [0.5, 0.6) is 5.75 Å². The van der Waals surface area contributed by atoms with Crippen LogP contribution in [0.2, 0.25) is 0 Å². The lowest BCUT2D eigenvalue weighted by atomic mass is 9.95. The Morgan fingerprint density at radius 2 is 1.77 bits per heavy atom. The van der Waals surface area contributed by atoms with Gasteiger partial charge in [0, 0.05) is 18.7 Å². The molecule has 0 radical (unpaired) electrons. The lowest BCUT2D eigenvalue weighted by Gasteiger charge is -2.31. The minimum Gasteiger partial charge on any atom is -0.497 e. The molecule has 2 aromatic carbocycles. The molecule has 1 aliphatic heterocycles. The fourth-order valence-corrected chi connectivity index (χ4v) is 4.00. The Balaban J connectivity index is 1.37. The van der Waals surface area contributed by atoms with Gasteiger partial charge in [-0.15, -0.1) is 0 Å². The number of likely N-dealkylation sites (tertiary alicyclic amines) is 1. The highest BCUT2D eigenvalue weighted by Gasteiger charge is 2.27. The Kier molecular flexibility index (Phi) is 6.18. The van der Waals surface area contributed by atoms with Crippen LogP contribution in [0.4, 0.5) is 5.69 Å². The van der Waals surface area contributed by atoms with Gasteiger partial charge in [-0.2, -0.15) is 5.10 Å². The molecule has 31 heavy (non-hydrogen) atoms. The number of benzene rings is 2. The van der Waals surface area contributed by atoms with E-state index in [1.807, 2.05) is 54.6 Å². The summed E-state index contributed by atoms with van der Waals surface area (Å²) in [5.74, 6) is 1.68. The molecule has 4 rings (SSSR count). The van der Waals surface area contributed by atoms with Crippen LogP contribution in [0, 0.1) is 0 Å².